The highest BCUT2D eigenvalue weighted by atomic mass is 19.1. The maximum Gasteiger partial charge on any atom is 0.277 e. The summed E-state index contributed by atoms with van der Waals surface area (Å²) in [6, 6.07) is 12.8. The number of ether oxygens (including phenoxy) is 2. The van der Waals surface area contributed by atoms with Crippen LogP contribution in [0.5, 0.6) is 11.5 Å². The van der Waals surface area contributed by atoms with Crippen molar-refractivity contribution < 1.29 is 18.7 Å². The lowest BCUT2D eigenvalue weighted by Gasteiger charge is -2.08. The Balaban J connectivity index is 1.62. The summed E-state index contributed by atoms with van der Waals surface area (Å²) in [5.74, 6) is 0.0581. The number of amides is 1. The van der Waals surface area contributed by atoms with E-state index in [1.54, 1.807) is 37.6 Å². The summed E-state index contributed by atoms with van der Waals surface area (Å²) in [4.78, 5) is 25.1. The standard InChI is InChI=1S/C22H19FN4O4/c1-30-19-8-7-14(11-20(19)31-2)17-12-18-22(29)26(9-10-27(18)25-17)13-21(28)24-16-6-4-3-5-15(16)23/h3-12H,13H2,1-2H3,(H,24,28). The Kier molecular flexibility index (Phi) is 5.40. The highest BCUT2D eigenvalue weighted by molar-refractivity contribution is 5.90. The third-order valence-electron chi connectivity index (χ3n) is 4.74. The van der Waals surface area contributed by atoms with Gasteiger partial charge in [0, 0.05) is 18.0 Å². The molecule has 0 saturated heterocycles. The first-order chi connectivity index (χ1) is 15.0. The topological polar surface area (TPSA) is 86.9 Å². The zero-order valence-corrected chi connectivity index (χ0v) is 16.8. The number of carbonyl (C=O) groups is 1. The second-order valence-electron chi connectivity index (χ2n) is 6.69. The van der Waals surface area contributed by atoms with Crippen LogP contribution in [0, 0.1) is 5.82 Å². The number of rotatable bonds is 6. The van der Waals surface area contributed by atoms with E-state index >= 15 is 0 Å². The van der Waals surface area contributed by atoms with Crippen molar-refractivity contribution in [2.24, 2.45) is 0 Å². The highest BCUT2D eigenvalue weighted by Crippen LogP contribution is 2.31. The second-order valence-corrected chi connectivity index (χ2v) is 6.69. The molecule has 1 amide bonds. The molecule has 2 heterocycles. The van der Waals surface area contributed by atoms with E-state index in [1.165, 1.54) is 40.6 Å². The molecule has 31 heavy (non-hydrogen) atoms. The number of benzene rings is 2. The van der Waals surface area contributed by atoms with Crippen LogP contribution in [0.25, 0.3) is 16.8 Å². The van der Waals surface area contributed by atoms with Crippen molar-refractivity contribution in [3.05, 3.63) is 77.1 Å². The van der Waals surface area contributed by atoms with Gasteiger partial charge in [0.05, 0.1) is 25.6 Å². The molecule has 0 aliphatic carbocycles. The number of nitrogens with zero attached hydrogens (tertiary/aromatic N) is 3. The Labute approximate surface area is 176 Å². The number of fused-ring (bicyclic) bond motifs is 1. The molecule has 0 atom stereocenters. The van der Waals surface area contributed by atoms with Gasteiger partial charge in [-0.3, -0.25) is 9.59 Å². The van der Waals surface area contributed by atoms with Crippen LogP contribution in [-0.4, -0.2) is 34.3 Å². The zero-order valence-electron chi connectivity index (χ0n) is 16.8. The summed E-state index contributed by atoms with van der Waals surface area (Å²) in [5, 5.41) is 6.90. The summed E-state index contributed by atoms with van der Waals surface area (Å²) >= 11 is 0. The van der Waals surface area contributed by atoms with Crippen molar-refractivity contribution in [1.29, 1.82) is 0 Å². The fourth-order valence-corrected chi connectivity index (χ4v) is 3.19. The Morgan fingerprint density at radius 1 is 1.06 bits per heavy atom. The number of carbonyl (C=O) groups excluding carboxylic acids is 1. The number of hydrogen-bond acceptors (Lipinski definition) is 5. The van der Waals surface area contributed by atoms with Crippen LogP contribution < -0.4 is 20.3 Å². The molecule has 2 aromatic heterocycles. The Morgan fingerprint density at radius 3 is 2.58 bits per heavy atom. The van der Waals surface area contributed by atoms with Gasteiger partial charge in [-0.2, -0.15) is 5.10 Å². The summed E-state index contributed by atoms with van der Waals surface area (Å²) in [6.45, 7) is -0.263. The van der Waals surface area contributed by atoms with Crippen LogP contribution in [-0.2, 0) is 11.3 Å². The summed E-state index contributed by atoms with van der Waals surface area (Å²) in [7, 11) is 3.09. The molecule has 0 spiro atoms. The van der Waals surface area contributed by atoms with Crippen molar-refractivity contribution >= 4 is 17.1 Å². The molecule has 0 unspecified atom stereocenters. The number of halogens is 1. The molecule has 4 aromatic rings. The molecular formula is C22H19FN4O4. The number of nitrogens with one attached hydrogen (secondary N) is 1. The minimum Gasteiger partial charge on any atom is -0.493 e. The van der Waals surface area contributed by atoms with Gasteiger partial charge in [0.15, 0.2) is 11.5 Å². The van der Waals surface area contributed by atoms with Crippen molar-refractivity contribution in [3.8, 4) is 22.8 Å². The minimum atomic E-state index is -0.547. The predicted octanol–water partition coefficient (Wildman–Crippen LogP) is 2.96. The molecule has 8 nitrogen and oxygen atoms in total. The molecule has 2 aromatic carbocycles. The lowest BCUT2D eigenvalue weighted by molar-refractivity contribution is -0.116. The van der Waals surface area contributed by atoms with Crippen molar-refractivity contribution in [3.63, 3.8) is 0 Å². The third-order valence-corrected chi connectivity index (χ3v) is 4.74. The smallest absolute Gasteiger partial charge is 0.277 e. The second kappa shape index (κ2) is 8.31. The van der Waals surface area contributed by atoms with E-state index < -0.39 is 17.3 Å². The average molecular weight is 422 g/mol. The summed E-state index contributed by atoms with van der Waals surface area (Å²) in [6.07, 6.45) is 3.04. The first kappa shape index (κ1) is 20.1. The third kappa shape index (κ3) is 3.97. The molecule has 158 valence electrons. The van der Waals surface area contributed by atoms with Gasteiger partial charge in [-0.15, -0.1) is 0 Å². The molecule has 0 saturated carbocycles. The van der Waals surface area contributed by atoms with Crippen LogP contribution in [0.3, 0.4) is 0 Å². The van der Waals surface area contributed by atoms with Gasteiger partial charge in [-0.05, 0) is 36.4 Å². The molecule has 0 bridgehead atoms. The van der Waals surface area contributed by atoms with E-state index in [9.17, 15) is 14.0 Å². The molecule has 9 heteroatoms. The van der Waals surface area contributed by atoms with Crippen LogP contribution in [0.15, 0.2) is 65.7 Å². The number of aromatic nitrogens is 3. The van der Waals surface area contributed by atoms with Gasteiger partial charge in [-0.1, -0.05) is 12.1 Å². The normalized spacial score (nSPS) is 10.8. The minimum absolute atomic E-state index is 0.0571. The molecule has 0 aliphatic rings. The van der Waals surface area contributed by atoms with Crippen molar-refractivity contribution in [2.75, 3.05) is 19.5 Å². The molecular weight excluding hydrogens is 403 g/mol. The van der Waals surface area contributed by atoms with Crippen LogP contribution in [0.4, 0.5) is 10.1 Å². The lowest BCUT2D eigenvalue weighted by atomic mass is 10.1. The van der Waals surface area contributed by atoms with E-state index in [0.29, 0.717) is 22.7 Å². The molecule has 0 radical (unpaired) electrons. The monoisotopic (exact) mass is 422 g/mol. The van der Waals surface area contributed by atoms with Gasteiger partial charge in [0.1, 0.15) is 17.9 Å². The summed E-state index contributed by atoms with van der Waals surface area (Å²) in [5.41, 5.74) is 1.26. The Hall–Kier alpha value is -4.14. The molecule has 4 rings (SSSR count). The van der Waals surface area contributed by atoms with Gasteiger partial charge >= 0.3 is 0 Å². The zero-order chi connectivity index (χ0) is 22.0. The van der Waals surface area contributed by atoms with Gasteiger partial charge in [-0.25, -0.2) is 8.91 Å². The van der Waals surface area contributed by atoms with Crippen molar-refractivity contribution in [1.82, 2.24) is 14.2 Å². The number of hydrogen-bond donors (Lipinski definition) is 1. The van der Waals surface area contributed by atoms with E-state index in [2.05, 4.69) is 10.4 Å². The summed E-state index contributed by atoms with van der Waals surface area (Å²) < 4.78 is 27.0. The SMILES string of the molecule is COc1ccc(-c2cc3c(=O)n(CC(=O)Nc4ccccc4F)ccn3n2)cc1OC. The lowest BCUT2D eigenvalue weighted by Crippen LogP contribution is -2.28. The Morgan fingerprint density at radius 2 is 1.84 bits per heavy atom. The van der Waals surface area contributed by atoms with Gasteiger partial charge < -0.3 is 19.4 Å². The van der Waals surface area contributed by atoms with Gasteiger partial charge in [0.2, 0.25) is 5.91 Å². The van der Waals surface area contributed by atoms with Crippen LogP contribution >= 0.6 is 0 Å². The quantitative estimate of drug-likeness (QED) is 0.516. The first-order valence-electron chi connectivity index (χ1n) is 9.36. The van der Waals surface area contributed by atoms with E-state index in [1.807, 2.05) is 6.07 Å². The fourth-order valence-electron chi connectivity index (χ4n) is 3.19. The molecule has 0 aliphatic heterocycles. The van der Waals surface area contributed by atoms with Crippen LogP contribution in [0.1, 0.15) is 0 Å². The van der Waals surface area contributed by atoms with Gasteiger partial charge in [0.25, 0.3) is 5.56 Å². The molecule has 1 N–H and O–H groups in total. The predicted molar refractivity (Wildman–Crippen MR) is 113 cm³/mol. The van der Waals surface area contributed by atoms with E-state index in [4.69, 9.17) is 9.47 Å². The van der Waals surface area contributed by atoms with Crippen molar-refractivity contribution in [2.45, 2.75) is 6.54 Å². The fraction of sp³-hybridized carbons (Fsp3) is 0.136. The first-order valence-corrected chi connectivity index (χ1v) is 9.36. The largest absolute Gasteiger partial charge is 0.493 e. The highest BCUT2D eigenvalue weighted by Gasteiger charge is 2.14. The van der Waals surface area contributed by atoms with Crippen LogP contribution in [0.2, 0.25) is 0 Å². The maximum atomic E-state index is 13.7. The maximum absolute atomic E-state index is 13.7. The van der Waals surface area contributed by atoms with E-state index in [0.717, 1.165) is 5.56 Å². The number of para-hydroxylation sites is 1. The number of methoxy groups -OCH3 is 2. The Bertz CT molecular complexity index is 1330. The number of anilines is 1. The molecule has 0 fully saturated rings. The average Bonchev–Trinajstić information content (AvgIpc) is 3.22. The van der Waals surface area contributed by atoms with E-state index in [-0.39, 0.29) is 12.2 Å².